The fraction of sp³-hybridized carbons (Fsp3) is 0.500. The molecule has 0 aliphatic carbocycles. The summed E-state index contributed by atoms with van der Waals surface area (Å²) in [5.41, 5.74) is 2.45. The number of furan rings is 1. The van der Waals surface area contributed by atoms with Gasteiger partial charge in [-0.2, -0.15) is 0 Å². The van der Waals surface area contributed by atoms with Crippen molar-refractivity contribution >= 4 is 11.0 Å². The van der Waals surface area contributed by atoms with Crippen molar-refractivity contribution in [2.45, 2.75) is 51.6 Å². The largest absolute Gasteiger partial charge is 0.461 e. The molecule has 1 saturated heterocycles. The molecule has 1 aromatic heterocycles. The SMILES string of the molecule is CCC1NC(C)CC1c1c(C)oc2ccccc12. The predicted molar refractivity (Wildman–Crippen MR) is 75.0 cm³/mol. The van der Waals surface area contributed by atoms with E-state index in [0.717, 1.165) is 11.3 Å². The molecule has 0 amide bonds. The molecule has 0 saturated carbocycles. The summed E-state index contributed by atoms with van der Waals surface area (Å²) in [5.74, 6) is 1.68. The van der Waals surface area contributed by atoms with Crippen molar-refractivity contribution in [3.8, 4) is 0 Å². The lowest BCUT2D eigenvalue weighted by Gasteiger charge is -2.17. The molecule has 0 radical (unpaired) electrons. The molecule has 0 spiro atoms. The molecule has 1 aromatic carbocycles. The van der Waals surface area contributed by atoms with Crippen LogP contribution in [0, 0.1) is 6.92 Å². The summed E-state index contributed by atoms with van der Waals surface area (Å²) in [6.07, 6.45) is 2.39. The minimum absolute atomic E-state index is 0.583. The number of hydrogen-bond acceptors (Lipinski definition) is 2. The molecule has 3 unspecified atom stereocenters. The summed E-state index contributed by atoms with van der Waals surface area (Å²) in [7, 11) is 0. The molecule has 1 aliphatic heterocycles. The monoisotopic (exact) mass is 243 g/mol. The summed E-state index contributed by atoms with van der Waals surface area (Å²) in [5, 5.41) is 4.99. The fourth-order valence-corrected chi connectivity index (χ4v) is 3.46. The van der Waals surface area contributed by atoms with Gasteiger partial charge in [-0.3, -0.25) is 0 Å². The number of rotatable bonds is 2. The first-order chi connectivity index (χ1) is 8.70. The molecule has 1 fully saturated rings. The predicted octanol–water partition coefficient (Wildman–Crippen LogP) is 3.99. The lowest BCUT2D eigenvalue weighted by atomic mass is 9.88. The van der Waals surface area contributed by atoms with Crippen LogP contribution in [0.3, 0.4) is 0 Å². The number of hydrogen-bond donors (Lipinski definition) is 1. The first-order valence-corrected chi connectivity index (χ1v) is 6.94. The maximum Gasteiger partial charge on any atom is 0.134 e. The van der Waals surface area contributed by atoms with E-state index in [2.05, 4.69) is 44.3 Å². The zero-order chi connectivity index (χ0) is 12.7. The zero-order valence-electron chi connectivity index (χ0n) is 11.4. The lowest BCUT2D eigenvalue weighted by Crippen LogP contribution is -2.28. The Kier molecular flexibility index (Phi) is 2.90. The molecule has 3 rings (SSSR count). The van der Waals surface area contributed by atoms with Gasteiger partial charge in [0.2, 0.25) is 0 Å². The van der Waals surface area contributed by atoms with Crippen molar-refractivity contribution in [1.29, 1.82) is 0 Å². The van der Waals surface area contributed by atoms with E-state index in [4.69, 9.17) is 4.42 Å². The summed E-state index contributed by atoms with van der Waals surface area (Å²) < 4.78 is 5.91. The Balaban J connectivity index is 2.11. The second-order valence-electron chi connectivity index (χ2n) is 5.49. The van der Waals surface area contributed by atoms with E-state index in [9.17, 15) is 0 Å². The van der Waals surface area contributed by atoms with Gasteiger partial charge in [0.15, 0.2) is 0 Å². The summed E-state index contributed by atoms with van der Waals surface area (Å²) >= 11 is 0. The van der Waals surface area contributed by atoms with Gasteiger partial charge in [-0.1, -0.05) is 25.1 Å². The average Bonchev–Trinajstić information content (AvgIpc) is 2.87. The molecule has 2 heterocycles. The van der Waals surface area contributed by atoms with Gasteiger partial charge < -0.3 is 9.73 Å². The van der Waals surface area contributed by atoms with Gasteiger partial charge in [-0.05, 0) is 32.8 Å². The molecule has 2 nitrogen and oxygen atoms in total. The first-order valence-electron chi connectivity index (χ1n) is 6.94. The highest BCUT2D eigenvalue weighted by Crippen LogP contribution is 2.39. The van der Waals surface area contributed by atoms with E-state index < -0.39 is 0 Å². The molecule has 1 aliphatic rings. The molecule has 18 heavy (non-hydrogen) atoms. The average molecular weight is 243 g/mol. The van der Waals surface area contributed by atoms with Gasteiger partial charge in [0, 0.05) is 29.0 Å². The van der Waals surface area contributed by atoms with E-state index in [-0.39, 0.29) is 0 Å². The molecular formula is C16H21NO. The van der Waals surface area contributed by atoms with Crippen molar-refractivity contribution in [2.75, 3.05) is 0 Å². The fourth-order valence-electron chi connectivity index (χ4n) is 3.46. The third-order valence-electron chi connectivity index (χ3n) is 4.22. The van der Waals surface area contributed by atoms with Gasteiger partial charge in [0.1, 0.15) is 11.3 Å². The van der Waals surface area contributed by atoms with Crippen molar-refractivity contribution in [3.63, 3.8) is 0 Å². The van der Waals surface area contributed by atoms with Crippen LogP contribution in [0.15, 0.2) is 28.7 Å². The van der Waals surface area contributed by atoms with E-state index >= 15 is 0 Å². The highest BCUT2D eigenvalue weighted by atomic mass is 16.3. The highest BCUT2D eigenvalue weighted by molar-refractivity contribution is 5.83. The Morgan fingerprint density at radius 2 is 2.11 bits per heavy atom. The molecular weight excluding hydrogens is 222 g/mol. The van der Waals surface area contributed by atoms with E-state index in [1.807, 2.05) is 6.07 Å². The van der Waals surface area contributed by atoms with Crippen LogP contribution >= 0.6 is 0 Å². The van der Waals surface area contributed by atoms with Gasteiger partial charge in [0.05, 0.1) is 0 Å². The number of benzene rings is 1. The zero-order valence-corrected chi connectivity index (χ0v) is 11.4. The van der Waals surface area contributed by atoms with Gasteiger partial charge in [-0.25, -0.2) is 0 Å². The minimum atomic E-state index is 0.583. The van der Waals surface area contributed by atoms with Gasteiger partial charge in [-0.15, -0.1) is 0 Å². The Morgan fingerprint density at radius 1 is 1.33 bits per heavy atom. The van der Waals surface area contributed by atoms with Crippen molar-refractivity contribution in [3.05, 3.63) is 35.6 Å². The normalized spacial score (nSPS) is 28.1. The first kappa shape index (κ1) is 11.8. The number of nitrogens with one attached hydrogen (secondary N) is 1. The topological polar surface area (TPSA) is 25.2 Å². The molecule has 2 aromatic rings. The van der Waals surface area contributed by atoms with Crippen LogP contribution in [0.2, 0.25) is 0 Å². The van der Waals surface area contributed by atoms with Crippen LogP contribution in [0.1, 0.15) is 43.9 Å². The van der Waals surface area contributed by atoms with E-state index in [0.29, 0.717) is 18.0 Å². The summed E-state index contributed by atoms with van der Waals surface area (Å²) in [4.78, 5) is 0. The molecule has 2 heteroatoms. The van der Waals surface area contributed by atoms with Crippen molar-refractivity contribution in [2.24, 2.45) is 0 Å². The molecule has 1 N–H and O–H groups in total. The van der Waals surface area contributed by atoms with Crippen molar-refractivity contribution in [1.82, 2.24) is 5.32 Å². The number of fused-ring (bicyclic) bond motifs is 1. The van der Waals surface area contributed by atoms with Crippen LogP contribution in [0.4, 0.5) is 0 Å². The standard InChI is InChI=1S/C16H21NO/c1-4-14-13(9-10(2)17-14)16-11(3)18-15-8-6-5-7-12(15)16/h5-8,10,13-14,17H,4,9H2,1-3H3. The lowest BCUT2D eigenvalue weighted by molar-refractivity contribution is 0.505. The second kappa shape index (κ2) is 4.43. The summed E-state index contributed by atoms with van der Waals surface area (Å²) in [6, 6.07) is 9.60. The molecule has 3 atom stereocenters. The van der Waals surface area contributed by atoms with Gasteiger partial charge in [0.25, 0.3) is 0 Å². The Morgan fingerprint density at radius 3 is 2.89 bits per heavy atom. The van der Waals surface area contributed by atoms with Crippen LogP contribution in [-0.2, 0) is 0 Å². The molecule has 0 bridgehead atoms. The Labute approximate surface area is 108 Å². The van der Waals surface area contributed by atoms with E-state index in [1.165, 1.54) is 23.8 Å². The Bertz CT molecular complexity index is 557. The Hall–Kier alpha value is -1.28. The number of aryl methyl sites for hydroxylation is 1. The summed E-state index contributed by atoms with van der Waals surface area (Å²) in [6.45, 7) is 6.64. The third-order valence-corrected chi connectivity index (χ3v) is 4.22. The minimum Gasteiger partial charge on any atom is -0.461 e. The van der Waals surface area contributed by atoms with Crippen LogP contribution in [0.25, 0.3) is 11.0 Å². The smallest absolute Gasteiger partial charge is 0.134 e. The van der Waals surface area contributed by atoms with Crippen LogP contribution in [-0.4, -0.2) is 12.1 Å². The molecule has 96 valence electrons. The van der Waals surface area contributed by atoms with Crippen LogP contribution in [0.5, 0.6) is 0 Å². The van der Waals surface area contributed by atoms with Gasteiger partial charge >= 0.3 is 0 Å². The maximum atomic E-state index is 5.91. The number of para-hydroxylation sites is 1. The third kappa shape index (κ3) is 1.76. The van der Waals surface area contributed by atoms with Crippen molar-refractivity contribution < 1.29 is 4.42 Å². The maximum absolute atomic E-state index is 5.91. The van der Waals surface area contributed by atoms with E-state index in [1.54, 1.807) is 0 Å². The van der Waals surface area contributed by atoms with Crippen LogP contribution < -0.4 is 5.32 Å². The second-order valence-corrected chi connectivity index (χ2v) is 5.49. The highest BCUT2D eigenvalue weighted by Gasteiger charge is 2.34. The quantitative estimate of drug-likeness (QED) is 0.863.